The maximum atomic E-state index is 3.73. The smallest absolute Gasteiger partial charge is 0.0357 e. The van der Waals surface area contributed by atoms with Crippen molar-refractivity contribution in [3.8, 4) is 0 Å². The zero-order valence-corrected chi connectivity index (χ0v) is 12.9. The lowest BCUT2D eigenvalue weighted by Gasteiger charge is -2.34. The highest BCUT2D eigenvalue weighted by molar-refractivity contribution is 7.10. The van der Waals surface area contributed by atoms with Crippen LogP contribution in [0.3, 0.4) is 0 Å². The van der Waals surface area contributed by atoms with Crippen molar-refractivity contribution >= 4 is 11.3 Å². The van der Waals surface area contributed by atoms with Crippen LogP contribution in [-0.2, 0) is 0 Å². The van der Waals surface area contributed by atoms with Crippen molar-refractivity contribution in [2.45, 2.75) is 58.9 Å². The summed E-state index contributed by atoms with van der Waals surface area (Å²) in [6.45, 7) is 7.87. The summed E-state index contributed by atoms with van der Waals surface area (Å²) in [6, 6.07) is 2.97. The molecular formula is C16H27NS. The Morgan fingerprint density at radius 2 is 2.22 bits per heavy atom. The van der Waals surface area contributed by atoms with E-state index >= 15 is 0 Å². The Morgan fingerprint density at radius 1 is 1.39 bits per heavy atom. The van der Waals surface area contributed by atoms with Gasteiger partial charge in [-0.25, -0.2) is 0 Å². The summed E-state index contributed by atoms with van der Waals surface area (Å²) in [5.74, 6) is 1.81. The summed E-state index contributed by atoms with van der Waals surface area (Å²) in [7, 11) is 0. The molecule has 3 unspecified atom stereocenters. The van der Waals surface area contributed by atoms with Crippen LogP contribution < -0.4 is 5.32 Å². The van der Waals surface area contributed by atoms with Crippen molar-refractivity contribution in [3.05, 3.63) is 21.9 Å². The predicted octanol–water partition coefficient (Wildman–Crippen LogP) is 4.92. The van der Waals surface area contributed by atoms with E-state index in [0.717, 1.165) is 18.4 Å². The molecule has 2 heteroatoms. The first-order valence-corrected chi connectivity index (χ1v) is 8.41. The summed E-state index contributed by atoms with van der Waals surface area (Å²) >= 11 is 1.89. The fourth-order valence-corrected chi connectivity index (χ4v) is 4.15. The molecule has 1 fully saturated rings. The molecule has 3 atom stereocenters. The maximum Gasteiger partial charge on any atom is 0.0357 e. The second-order valence-corrected chi connectivity index (χ2v) is 6.84. The van der Waals surface area contributed by atoms with Gasteiger partial charge in [-0.05, 0) is 55.2 Å². The van der Waals surface area contributed by atoms with Crippen LogP contribution in [-0.4, -0.2) is 6.54 Å². The van der Waals surface area contributed by atoms with Crippen molar-refractivity contribution in [3.63, 3.8) is 0 Å². The number of rotatable bonds is 5. The molecule has 1 saturated carbocycles. The van der Waals surface area contributed by atoms with Crippen molar-refractivity contribution in [2.24, 2.45) is 11.8 Å². The summed E-state index contributed by atoms with van der Waals surface area (Å²) in [6.07, 6.45) is 7.06. The van der Waals surface area contributed by atoms with Gasteiger partial charge >= 0.3 is 0 Å². The van der Waals surface area contributed by atoms with Gasteiger partial charge in [-0.1, -0.05) is 33.1 Å². The van der Waals surface area contributed by atoms with Gasteiger partial charge in [0.15, 0.2) is 0 Å². The van der Waals surface area contributed by atoms with Gasteiger partial charge in [0.25, 0.3) is 0 Å². The summed E-state index contributed by atoms with van der Waals surface area (Å²) in [4.78, 5) is 1.44. The van der Waals surface area contributed by atoms with E-state index in [0.29, 0.717) is 6.04 Å². The van der Waals surface area contributed by atoms with Crippen molar-refractivity contribution in [1.29, 1.82) is 0 Å². The van der Waals surface area contributed by atoms with Crippen LogP contribution in [0, 0.1) is 18.8 Å². The Bertz CT molecular complexity index is 358. The second kappa shape index (κ2) is 6.72. The second-order valence-electron chi connectivity index (χ2n) is 5.73. The topological polar surface area (TPSA) is 12.0 Å². The molecule has 0 spiro atoms. The molecule has 1 aliphatic rings. The molecule has 0 bridgehead atoms. The van der Waals surface area contributed by atoms with Gasteiger partial charge in [-0.15, -0.1) is 11.3 Å². The number of hydrogen-bond acceptors (Lipinski definition) is 2. The van der Waals surface area contributed by atoms with E-state index in [9.17, 15) is 0 Å². The first kappa shape index (κ1) is 14.1. The Kier molecular flexibility index (Phi) is 5.25. The van der Waals surface area contributed by atoms with Crippen LogP contribution in [0.25, 0.3) is 0 Å². The summed E-state index contributed by atoms with van der Waals surface area (Å²) in [5, 5.41) is 6.09. The SMILES string of the molecule is CCNC(c1csc(C)c1)C1CCCC(CC)C1. The Hall–Kier alpha value is -0.340. The third kappa shape index (κ3) is 3.36. The molecule has 0 amide bonds. The third-order valence-electron chi connectivity index (χ3n) is 4.41. The quantitative estimate of drug-likeness (QED) is 0.796. The number of aryl methyl sites for hydroxylation is 1. The number of nitrogens with one attached hydrogen (secondary N) is 1. The molecule has 102 valence electrons. The van der Waals surface area contributed by atoms with Crippen LogP contribution in [0.4, 0.5) is 0 Å². The molecule has 18 heavy (non-hydrogen) atoms. The Morgan fingerprint density at radius 3 is 2.83 bits per heavy atom. The average molecular weight is 265 g/mol. The average Bonchev–Trinajstić information content (AvgIpc) is 2.82. The van der Waals surface area contributed by atoms with E-state index in [2.05, 4.69) is 37.5 Å². The van der Waals surface area contributed by atoms with Gasteiger partial charge in [0, 0.05) is 10.9 Å². The molecule has 0 aliphatic heterocycles. The largest absolute Gasteiger partial charge is 0.310 e. The highest BCUT2D eigenvalue weighted by Gasteiger charge is 2.28. The zero-order chi connectivity index (χ0) is 13.0. The molecule has 1 heterocycles. The van der Waals surface area contributed by atoms with Crippen molar-refractivity contribution in [2.75, 3.05) is 6.54 Å². The van der Waals surface area contributed by atoms with Crippen LogP contribution in [0.5, 0.6) is 0 Å². The summed E-state index contributed by atoms with van der Waals surface area (Å²) < 4.78 is 0. The van der Waals surface area contributed by atoms with Crippen LogP contribution in [0.2, 0.25) is 0 Å². The van der Waals surface area contributed by atoms with Crippen LogP contribution in [0.1, 0.15) is 62.4 Å². The van der Waals surface area contributed by atoms with Crippen molar-refractivity contribution < 1.29 is 0 Å². The number of thiophene rings is 1. The zero-order valence-electron chi connectivity index (χ0n) is 12.0. The van der Waals surface area contributed by atoms with Crippen LogP contribution in [0.15, 0.2) is 11.4 Å². The molecule has 1 aromatic heterocycles. The van der Waals surface area contributed by atoms with Crippen LogP contribution >= 0.6 is 11.3 Å². The van der Waals surface area contributed by atoms with Gasteiger partial charge in [0.2, 0.25) is 0 Å². The lowest BCUT2D eigenvalue weighted by atomic mass is 9.75. The molecule has 0 aromatic carbocycles. The van der Waals surface area contributed by atoms with E-state index in [1.807, 2.05) is 11.3 Å². The minimum Gasteiger partial charge on any atom is -0.310 e. The number of hydrogen-bond donors (Lipinski definition) is 1. The molecular weight excluding hydrogens is 238 g/mol. The predicted molar refractivity (Wildman–Crippen MR) is 81.2 cm³/mol. The first-order chi connectivity index (χ1) is 8.74. The minimum absolute atomic E-state index is 0.592. The fraction of sp³-hybridized carbons (Fsp3) is 0.750. The normalized spacial score (nSPS) is 26.2. The summed E-state index contributed by atoms with van der Waals surface area (Å²) in [5.41, 5.74) is 1.53. The molecule has 1 nitrogen and oxygen atoms in total. The van der Waals surface area contributed by atoms with Crippen molar-refractivity contribution in [1.82, 2.24) is 5.32 Å². The lowest BCUT2D eigenvalue weighted by Crippen LogP contribution is -2.31. The van der Waals surface area contributed by atoms with E-state index in [1.54, 1.807) is 0 Å². The molecule has 0 saturated heterocycles. The monoisotopic (exact) mass is 265 g/mol. The third-order valence-corrected chi connectivity index (χ3v) is 5.29. The Labute approximate surface area is 116 Å². The maximum absolute atomic E-state index is 3.73. The lowest BCUT2D eigenvalue weighted by molar-refractivity contribution is 0.211. The molecule has 0 radical (unpaired) electrons. The molecule has 1 aromatic rings. The van der Waals surface area contributed by atoms with E-state index < -0.39 is 0 Å². The first-order valence-electron chi connectivity index (χ1n) is 7.53. The standard InChI is InChI=1S/C16H27NS/c1-4-13-7-6-8-14(10-13)16(17-5-2)15-9-12(3)18-11-15/h9,11,13-14,16-17H,4-8,10H2,1-3H3. The van der Waals surface area contributed by atoms with Gasteiger partial charge in [-0.2, -0.15) is 0 Å². The van der Waals surface area contributed by atoms with Gasteiger partial charge < -0.3 is 5.32 Å². The Balaban J connectivity index is 2.09. The van der Waals surface area contributed by atoms with E-state index in [-0.39, 0.29) is 0 Å². The van der Waals surface area contributed by atoms with E-state index in [4.69, 9.17) is 0 Å². The fourth-order valence-electron chi connectivity index (χ4n) is 3.41. The van der Waals surface area contributed by atoms with Gasteiger partial charge in [-0.3, -0.25) is 0 Å². The van der Waals surface area contributed by atoms with E-state index in [1.165, 1.54) is 42.5 Å². The molecule has 1 N–H and O–H groups in total. The highest BCUT2D eigenvalue weighted by atomic mass is 32.1. The molecule has 2 rings (SSSR count). The van der Waals surface area contributed by atoms with Gasteiger partial charge in [0.05, 0.1) is 0 Å². The molecule has 1 aliphatic carbocycles. The van der Waals surface area contributed by atoms with Gasteiger partial charge in [0.1, 0.15) is 0 Å². The highest BCUT2D eigenvalue weighted by Crippen LogP contribution is 2.39. The minimum atomic E-state index is 0.592.